The van der Waals surface area contributed by atoms with Gasteiger partial charge in [-0.2, -0.15) is 0 Å². The summed E-state index contributed by atoms with van der Waals surface area (Å²) in [6.45, 7) is 1.67. The summed E-state index contributed by atoms with van der Waals surface area (Å²) in [4.78, 5) is 12.2. The number of nitrogens with one attached hydrogen (secondary N) is 1. The summed E-state index contributed by atoms with van der Waals surface area (Å²) in [6, 6.07) is 12.1. The molecule has 122 valence electrons. The Morgan fingerprint density at radius 3 is 2.48 bits per heavy atom. The Balaban J connectivity index is 2.00. The van der Waals surface area contributed by atoms with Crippen LogP contribution in [0.3, 0.4) is 0 Å². The molecule has 2 aromatic rings. The summed E-state index contributed by atoms with van der Waals surface area (Å²) in [6.07, 6.45) is -0.678. The summed E-state index contributed by atoms with van der Waals surface area (Å²) in [5.74, 6) is 1.48. The number of methoxy groups -OCH3 is 2. The molecule has 0 aliphatic rings. The fraction of sp³-hybridized carbons (Fsp3) is 0.235. The number of carbonyl (C=O) groups excluding carboxylic acids is 1. The van der Waals surface area contributed by atoms with Crippen LogP contribution in [0.2, 0.25) is 5.02 Å². The normalized spacial score (nSPS) is 11.5. The number of hydrogen-bond acceptors (Lipinski definition) is 4. The van der Waals surface area contributed by atoms with E-state index in [1.165, 1.54) is 7.11 Å². The summed E-state index contributed by atoms with van der Waals surface area (Å²) < 4.78 is 15.8. The van der Waals surface area contributed by atoms with Gasteiger partial charge in [-0.25, -0.2) is 0 Å². The highest BCUT2D eigenvalue weighted by molar-refractivity contribution is 6.32. The van der Waals surface area contributed by atoms with Gasteiger partial charge < -0.3 is 19.5 Å². The zero-order chi connectivity index (χ0) is 16.8. The summed E-state index contributed by atoms with van der Waals surface area (Å²) in [5, 5.41) is 3.17. The van der Waals surface area contributed by atoms with Gasteiger partial charge in [0, 0.05) is 11.8 Å². The van der Waals surface area contributed by atoms with Gasteiger partial charge in [-0.05, 0) is 37.3 Å². The zero-order valence-corrected chi connectivity index (χ0v) is 13.9. The molecule has 6 heteroatoms. The fourth-order valence-corrected chi connectivity index (χ4v) is 2.18. The summed E-state index contributed by atoms with van der Waals surface area (Å²) in [7, 11) is 3.10. The highest BCUT2D eigenvalue weighted by atomic mass is 35.5. The standard InChI is InChI=1S/C17H18ClNO4/c1-11(23-14-6-4-5-13(10-14)21-2)17(20)19-12-7-8-16(22-3)15(18)9-12/h4-11H,1-3H3,(H,19,20). The minimum Gasteiger partial charge on any atom is -0.497 e. The van der Waals surface area contributed by atoms with Crippen molar-refractivity contribution < 1.29 is 19.0 Å². The van der Waals surface area contributed by atoms with Crippen molar-refractivity contribution in [3.05, 3.63) is 47.5 Å². The predicted octanol–water partition coefficient (Wildman–Crippen LogP) is 3.76. The van der Waals surface area contributed by atoms with Crippen LogP contribution in [-0.4, -0.2) is 26.2 Å². The van der Waals surface area contributed by atoms with Crippen LogP contribution >= 0.6 is 11.6 Å². The Kier molecular flexibility index (Phi) is 5.71. The molecular weight excluding hydrogens is 318 g/mol. The monoisotopic (exact) mass is 335 g/mol. The molecule has 1 amide bonds. The molecule has 0 saturated heterocycles. The van der Waals surface area contributed by atoms with Crippen LogP contribution in [0.25, 0.3) is 0 Å². The minimum atomic E-state index is -0.678. The van der Waals surface area contributed by atoms with Crippen LogP contribution in [0.1, 0.15) is 6.92 Å². The number of amides is 1. The van der Waals surface area contributed by atoms with Crippen LogP contribution in [-0.2, 0) is 4.79 Å². The average Bonchev–Trinajstić information content (AvgIpc) is 2.55. The van der Waals surface area contributed by atoms with Crippen molar-refractivity contribution in [2.45, 2.75) is 13.0 Å². The van der Waals surface area contributed by atoms with Crippen LogP contribution < -0.4 is 19.5 Å². The molecule has 1 atom stereocenters. The Labute approximate surface area is 140 Å². The third-order valence-electron chi connectivity index (χ3n) is 3.14. The lowest BCUT2D eigenvalue weighted by Crippen LogP contribution is -2.30. The molecule has 1 unspecified atom stereocenters. The van der Waals surface area contributed by atoms with Gasteiger partial charge in [0.25, 0.3) is 5.91 Å². The molecule has 0 aromatic heterocycles. The van der Waals surface area contributed by atoms with Gasteiger partial charge in [0.05, 0.1) is 19.2 Å². The average molecular weight is 336 g/mol. The van der Waals surface area contributed by atoms with E-state index in [0.717, 1.165) is 0 Å². The molecule has 0 spiro atoms. The highest BCUT2D eigenvalue weighted by Crippen LogP contribution is 2.27. The van der Waals surface area contributed by atoms with Crippen LogP contribution in [0.15, 0.2) is 42.5 Å². The molecule has 0 bridgehead atoms. The van der Waals surface area contributed by atoms with Crippen molar-refractivity contribution in [3.63, 3.8) is 0 Å². The number of halogens is 1. The van der Waals surface area contributed by atoms with Gasteiger partial charge in [0.2, 0.25) is 0 Å². The topological polar surface area (TPSA) is 56.8 Å². The molecule has 0 radical (unpaired) electrons. The van der Waals surface area contributed by atoms with E-state index >= 15 is 0 Å². The minimum absolute atomic E-state index is 0.283. The van der Waals surface area contributed by atoms with E-state index in [0.29, 0.717) is 28.0 Å². The second-order valence-electron chi connectivity index (χ2n) is 4.78. The van der Waals surface area contributed by atoms with E-state index in [-0.39, 0.29) is 5.91 Å². The number of benzene rings is 2. The van der Waals surface area contributed by atoms with Crippen molar-refractivity contribution in [1.82, 2.24) is 0 Å². The number of hydrogen-bond donors (Lipinski definition) is 1. The predicted molar refractivity (Wildman–Crippen MR) is 89.7 cm³/mol. The van der Waals surface area contributed by atoms with Crippen molar-refractivity contribution in [2.75, 3.05) is 19.5 Å². The van der Waals surface area contributed by atoms with E-state index in [4.69, 9.17) is 25.8 Å². The Hall–Kier alpha value is -2.40. The maximum Gasteiger partial charge on any atom is 0.265 e. The molecule has 0 aliphatic heterocycles. The van der Waals surface area contributed by atoms with Gasteiger partial charge in [0.1, 0.15) is 17.2 Å². The summed E-state index contributed by atoms with van der Waals surface area (Å²) in [5.41, 5.74) is 0.571. The third kappa shape index (κ3) is 4.53. The number of ether oxygens (including phenoxy) is 3. The SMILES string of the molecule is COc1cccc(OC(C)C(=O)Nc2ccc(OC)c(Cl)c2)c1. The Morgan fingerprint density at radius 2 is 1.83 bits per heavy atom. The lowest BCUT2D eigenvalue weighted by Gasteiger charge is -2.15. The molecule has 0 aliphatic carbocycles. The van der Waals surface area contributed by atoms with Gasteiger partial charge in [-0.15, -0.1) is 0 Å². The summed E-state index contributed by atoms with van der Waals surface area (Å²) >= 11 is 6.03. The second-order valence-corrected chi connectivity index (χ2v) is 5.18. The van der Waals surface area contributed by atoms with Gasteiger partial charge >= 0.3 is 0 Å². The van der Waals surface area contributed by atoms with E-state index < -0.39 is 6.10 Å². The first-order valence-corrected chi connectivity index (χ1v) is 7.36. The lowest BCUT2D eigenvalue weighted by molar-refractivity contribution is -0.122. The quantitative estimate of drug-likeness (QED) is 0.873. The number of anilines is 1. The molecule has 0 saturated carbocycles. The largest absolute Gasteiger partial charge is 0.497 e. The van der Waals surface area contributed by atoms with Crippen molar-refractivity contribution in [2.24, 2.45) is 0 Å². The smallest absolute Gasteiger partial charge is 0.265 e. The molecule has 0 fully saturated rings. The second kappa shape index (κ2) is 7.74. The van der Waals surface area contributed by atoms with Gasteiger partial charge in [-0.1, -0.05) is 17.7 Å². The first-order valence-electron chi connectivity index (χ1n) is 6.98. The molecular formula is C17H18ClNO4. The molecule has 0 heterocycles. The van der Waals surface area contributed by atoms with Crippen LogP contribution in [0, 0.1) is 0 Å². The highest BCUT2D eigenvalue weighted by Gasteiger charge is 2.15. The molecule has 5 nitrogen and oxygen atoms in total. The van der Waals surface area contributed by atoms with Gasteiger partial charge in [0.15, 0.2) is 6.10 Å². The Morgan fingerprint density at radius 1 is 1.09 bits per heavy atom. The molecule has 23 heavy (non-hydrogen) atoms. The zero-order valence-electron chi connectivity index (χ0n) is 13.1. The van der Waals surface area contributed by atoms with Crippen molar-refractivity contribution in [3.8, 4) is 17.2 Å². The van der Waals surface area contributed by atoms with E-state index in [9.17, 15) is 4.79 Å². The van der Waals surface area contributed by atoms with E-state index in [1.54, 1.807) is 56.5 Å². The maximum absolute atomic E-state index is 12.2. The molecule has 2 aromatic carbocycles. The fourth-order valence-electron chi connectivity index (χ4n) is 1.92. The van der Waals surface area contributed by atoms with Crippen LogP contribution in [0.5, 0.6) is 17.2 Å². The molecule has 1 N–H and O–H groups in total. The molecule has 2 rings (SSSR count). The third-order valence-corrected chi connectivity index (χ3v) is 3.44. The van der Waals surface area contributed by atoms with E-state index in [1.807, 2.05) is 0 Å². The lowest BCUT2D eigenvalue weighted by atomic mass is 10.2. The van der Waals surface area contributed by atoms with E-state index in [2.05, 4.69) is 5.32 Å². The number of rotatable bonds is 6. The Bertz CT molecular complexity index is 690. The first kappa shape index (κ1) is 17.0. The maximum atomic E-state index is 12.2. The van der Waals surface area contributed by atoms with Crippen molar-refractivity contribution in [1.29, 1.82) is 0 Å². The number of carbonyl (C=O) groups is 1. The van der Waals surface area contributed by atoms with Gasteiger partial charge in [-0.3, -0.25) is 4.79 Å². The van der Waals surface area contributed by atoms with Crippen LogP contribution in [0.4, 0.5) is 5.69 Å². The first-order chi connectivity index (χ1) is 11.0. The van der Waals surface area contributed by atoms with Crippen molar-refractivity contribution >= 4 is 23.2 Å².